The Balaban J connectivity index is 1.36. The fourth-order valence-electron chi connectivity index (χ4n) is 3.00. The molecule has 1 aromatic heterocycles. The van der Waals surface area contributed by atoms with E-state index in [0.717, 1.165) is 63.8 Å². The van der Waals surface area contributed by atoms with Crippen molar-refractivity contribution in [2.24, 2.45) is 4.99 Å². The summed E-state index contributed by atoms with van der Waals surface area (Å²) in [6.07, 6.45) is 5.52. The Kier molecular flexibility index (Phi) is 6.09. The van der Waals surface area contributed by atoms with Crippen LogP contribution < -0.4 is 15.5 Å². The SMILES string of the molecule is CN=C(NCCCC(=O)NC1CC1)N1CCN(c2ccccn2)CC1. The molecule has 0 unspecified atom stereocenters. The highest BCUT2D eigenvalue weighted by Crippen LogP contribution is 2.18. The van der Waals surface area contributed by atoms with Crippen molar-refractivity contribution < 1.29 is 4.79 Å². The van der Waals surface area contributed by atoms with E-state index < -0.39 is 0 Å². The van der Waals surface area contributed by atoms with Crippen molar-refractivity contribution >= 4 is 17.7 Å². The molecule has 0 spiro atoms. The molecule has 1 saturated heterocycles. The van der Waals surface area contributed by atoms with E-state index in [2.05, 4.69) is 36.5 Å². The number of guanidine groups is 1. The quantitative estimate of drug-likeness (QED) is 0.454. The normalized spacial score (nSPS) is 18.2. The summed E-state index contributed by atoms with van der Waals surface area (Å²) in [5.41, 5.74) is 0. The van der Waals surface area contributed by atoms with E-state index in [1.165, 1.54) is 0 Å². The maximum Gasteiger partial charge on any atom is 0.220 e. The number of anilines is 1. The second-order valence-corrected chi connectivity index (χ2v) is 6.58. The Hall–Kier alpha value is -2.31. The molecule has 1 saturated carbocycles. The van der Waals surface area contributed by atoms with Gasteiger partial charge in [0.05, 0.1) is 0 Å². The van der Waals surface area contributed by atoms with Gasteiger partial charge in [0.1, 0.15) is 5.82 Å². The van der Waals surface area contributed by atoms with Gasteiger partial charge in [-0.2, -0.15) is 0 Å². The number of hydrogen-bond acceptors (Lipinski definition) is 4. The van der Waals surface area contributed by atoms with Gasteiger partial charge in [0.2, 0.25) is 5.91 Å². The molecule has 0 bridgehead atoms. The minimum Gasteiger partial charge on any atom is -0.356 e. The molecule has 1 aromatic rings. The van der Waals surface area contributed by atoms with Crippen molar-refractivity contribution in [3.63, 3.8) is 0 Å². The summed E-state index contributed by atoms with van der Waals surface area (Å²) < 4.78 is 0. The van der Waals surface area contributed by atoms with Gasteiger partial charge in [-0.15, -0.1) is 0 Å². The number of aliphatic imine (C=N–C) groups is 1. The van der Waals surface area contributed by atoms with Crippen molar-refractivity contribution in [3.8, 4) is 0 Å². The van der Waals surface area contributed by atoms with Crippen LogP contribution in [0.2, 0.25) is 0 Å². The molecule has 1 aliphatic heterocycles. The molecule has 2 N–H and O–H groups in total. The minimum absolute atomic E-state index is 0.170. The van der Waals surface area contributed by atoms with Gasteiger partial charge in [-0.25, -0.2) is 4.98 Å². The number of amides is 1. The molecule has 1 aliphatic carbocycles. The molecule has 1 amide bonds. The van der Waals surface area contributed by atoms with Crippen molar-refractivity contribution in [3.05, 3.63) is 24.4 Å². The highest BCUT2D eigenvalue weighted by molar-refractivity contribution is 5.80. The molecule has 2 aliphatic rings. The molecule has 3 rings (SSSR count). The average Bonchev–Trinajstić information content (AvgIpc) is 3.47. The van der Waals surface area contributed by atoms with Crippen LogP contribution in [-0.2, 0) is 4.79 Å². The van der Waals surface area contributed by atoms with Gasteiger partial charge in [-0.3, -0.25) is 9.79 Å². The number of aromatic nitrogens is 1. The molecule has 0 radical (unpaired) electrons. The third-order valence-electron chi connectivity index (χ3n) is 4.57. The highest BCUT2D eigenvalue weighted by Gasteiger charge is 2.23. The number of carbonyl (C=O) groups is 1. The first-order valence-corrected chi connectivity index (χ1v) is 9.17. The molecule has 2 heterocycles. The fourth-order valence-corrected chi connectivity index (χ4v) is 3.00. The third kappa shape index (κ3) is 5.34. The number of nitrogens with one attached hydrogen (secondary N) is 2. The van der Waals surface area contributed by atoms with Crippen LogP contribution in [-0.4, -0.2) is 67.6 Å². The largest absolute Gasteiger partial charge is 0.356 e. The number of pyridine rings is 1. The standard InChI is InChI=1S/C18H28N6O/c1-19-18(21-10-4-6-17(25)22-15-7-8-15)24-13-11-23(12-14-24)16-5-2-3-9-20-16/h2-3,5,9,15H,4,6-8,10-14H2,1H3,(H,19,21)(H,22,25). The second kappa shape index (κ2) is 8.69. The molecule has 25 heavy (non-hydrogen) atoms. The zero-order valence-electron chi connectivity index (χ0n) is 14.9. The van der Waals surface area contributed by atoms with Crippen LogP contribution in [0.3, 0.4) is 0 Å². The summed E-state index contributed by atoms with van der Waals surface area (Å²) in [5.74, 6) is 2.12. The van der Waals surface area contributed by atoms with Crippen LogP contribution in [0, 0.1) is 0 Å². The lowest BCUT2D eigenvalue weighted by Gasteiger charge is -2.37. The van der Waals surface area contributed by atoms with Crippen LogP contribution in [0.4, 0.5) is 5.82 Å². The van der Waals surface area contributed by atoms with Crippen LogP contribution in [0.5, 0.6) is 0 Å². The van der Waals surface area contributed by atoms with E-state index in [9.17, 15) is 4.79 Å². The summed E-state index contributed by atoms with van der Waals surface area (Å²) in [6, 6.07) is 6.46. The molecule has 0 atom stereocenters. The van der Waals surface area contributed by atoms with Crippen LogP contribution in [0.25, 0.3) is 0 Å². The number of carbonyl (C=O) groups excluding carboxylic acids is 1. The van der Waals surface area contributed by atoms with Crippen molar-refractivity contribution in [2.75, 3.05) is 44.7 Å². The predicted molar refractivity (Wildman–Crippen MR) is 99.8 cm³/mol. The fraction of sp³-hybridized carbons (Fsp3) is 0.611. The van der Waals surface area contributed by atoms with Crippen molar-refractivity contribution in [1.29, 1.82) is 0 Å². The first kappa shape index (κ1) is 17.5. The molecular formula is C18H28N6O. The van der Waals surface area contributed by atoms with E-state index >= 15 is 0 Å². The Bertz CT molecular complexity index is 578. The summed E-state index contributed by atoms with van der Waals surface area (Å²) in [5, 5.41) is 6.40. The molecule has 7 nitrogen and oxygen atoms in total. The molecule has 2 fully saturated rings. The first-order valence-electron chi connectivity index (χ1n) is 9.17. The molecule has 7 heteroatoms. The third-order valence-corrected chi connectivity index (χ3v) is 4.57. The van der Waals surface area contributed by atoms with Gasteiger partial charge in [-0.05, 0) is 31.4 Å². The monoisotopic (exact) mass is 344 g/mol. The average molecular weight is 344 g/mol. The second-order valence-electron chi connectivity index (χ2n) is 6.58. The van der Waals surface area contributed by atoms with E-state index in [-0.39, 0.29) is 5.91 Å². The van der Waals surface area contributed by atoms with Crippen molar-refractivity contribution in [2.45, 2.75) is 31.7 Å². The Morgan fingerprint density at radius 2 is 2.08 bits per heavy atom. The number of nitrogens with zero attached hydrogens (tertiary/aromatic N) is 4. The highest BCUT2D eigenvalue weighted by atomic mass is 16.1. The van der Waals surface area contributed by atoms with E-state index in [1.807, 2.05) is 25.4 Å². The molecular weight excluding hydrogens is 316 g/mol. The lowest BCUT2D eigenvalue weighted by atomic mass is 10.3. The van der Waals surface area contributed by atoms with Gasteiger partial charge >= 0.3 is 0 Å². The lowest BCUT2D eigenvalue weighted by Crippen LogP contribution is -2.52. The number of piperazine rings is 1. The van der Waals surface area contributed by atoms with Gasteiger partial charge in [0, 0.05) is 58.4 Å². The molecule has 0 aromatic carbocycles. The van der Waals surface area contributed by atoms with Crippen LogP contribution in [0.1, 0.15) is 25.7 Å². The maximum absolute atomic E-state index is 11.7. The smallest absolute Gasteiger partial charge is 0.220 e. The van der Waals surface area contributed by atoms with Gasteiger partial charge < -0.3 is 20.4 Å². The Morgan fingerprint density at radius 1 is 1.28 bits per heavy atom. The number of hydrogen-bond donors (Lipinski definition) is 2. The first-order chi connectivity index (χ1) is 12.3. The van der Waals surface area contributed by atoms with Crippen LogP contribution in [0.15, 0.2) is 29.4 Å². The van der Waals surface area contributed by atoms with Gasteiger partial charge in [0.25, 0.3) is 0 Å². The predicted octanol–water partition coefficient (Wildman–Crippen LogP) is 0.838. The minimum atomic E-state index is 0.170. The van der Waals surface area contributed by atoms with E-state index in [4.69, 9.17) is 0 Å². The van der Waals surface area contributed by atoms with E-state index in [1.54, 1.807) is 0 Å². The summed E-state index contributed by atoms with van der Waals surface area (Å²) >= 11 is 0. The van der Waals surface area contributed by atoms with E-state index in [0.29, 0.717) is 12.5 Å². The van der Waals surface area contributed by atoms with Crippen LogP contribution >= 0.6 is 0 Å². The van der Waals surface area contributed by atoms with Crippen molar-refractivity contribution in [1.82, 2.24) is 20.5 Å². The summed E-state index contributed by atoms with van der Waals surface area (Å²) in [7, 11) is 1.81. The number of rotatable bonds is 6. The summed E-state index contributed by atoms with van der Waals surface area (Å²) in [6.45, 7) is 4.46. The zero-order valence-corrected chi connectivity index (χ0v) is 14.9. The van der Waals surface area contributed by atoms with Gasteiger partial charge in [0.15, 0.2) is 5.96 Å². The zero-order chi connectivity index (χ0) is 17.5. The lowest BCUT2D eigenvalue weighted by molar-refractivity contribution is -0.121. The Morgan fingerprint density at radius 3 is 2.72 bits per heavy atom. The molecule has 136 valence electrons. The topological polar surface area (TPSA) is 72.9 Å². The summed E-state index contributed by atoms with van der Waals surface area (Å²) in [4.78, 5) is 25.1. The van der Waals surface area contributed by atoms with Gasteiger partial charge in [-0.1, -0.05) is 6.07 Å². The maximum atomic E-state index is 11.7. The Labute approximate surface area is 149 Å².